The van der Waals surface area contributed by atoms with Crippen LogP contribution in [0.3, 0.4) is 0 Å². The molecule has 1 aromatic heterocycles. The number of halogens is 1. The molecule has 9 heteroatoms. The number of hydrogen-bond acceptors (Lipinski definition) is 7. The van der Waals surface area contributed by atoms with E-state index in [9.17, 15) is 9.59 Å². The second-order valence-electron chi connectivity index (χ2n) is 8.03. The van der Waals surface area contributed by atoms with Crippen LogP contribution in [0.4, 0.5) is 5.69 Å². The number of hydrogen-bond donors (Lipinski definition) is 0. The van der Waals surface area contributed by atoms with Crippen LogP contribution in [-0.2, 0) is 0 Å². The highest BCUT2D eigenvalue weighted by Crippen LogP contribution is 2.47. The predicted octanol–water partition coefficient (Wildman–Crippen LogP) is 5.23. The third-order valence-corrected chi connectivity index (χ3v) is 6.49. The van der Waals surface area contributed by atoms with E-state index < -0.39 is 11.9 Å². The maximum absolute atomic E-state index is 13.8. The van der Waals surface area contributed by atoms with E-state index in [4.69, 9.17) is 35.0 Å². The van der Waals surface area contributed by atoms with E-state index in [0.717, 1.165) is 0 Å². The Bertz CT molecular complexity index is 1540. The maximum atomic E-state index is 13.8. The molecule has 36 heavy (non-hydrogen) atoms. The van der Waals surface area contributed by atoms with Crippen molar-refractivity contribution in [1.29, 1.82) is 0 Å². The largest absolute Gasteiger partial charge is 0.495 e. The van der Waals surface area contributed by atoms with Crippen molar-refractivity contribution in [3.63, 3.8) is 0 Å². The van der Waals surface area contributed by atoms with Crippen molar-refractivity contribution in [2.24, 2.45) is 0 Å². The molecular weight excluding hydrogens is 486 g/mol. The molecule has 1 aliphatic heterocycles. The average Bonchev–Trinajstić information content (AvgIpc) is 3.20. The molecule has 5 rings (SSSR count). The summed E-state index contributed by atoms with van der Waals surface area (Å²) in [6, 6.07) is 14.4. The van der Waals surface area contributed by atoms with Crippen molar-refractivity contribution in [3.05, 3.63) is 86.7 Å². The molecule has 1 aliphatic rings. The van der Waals surface area contributed by atoms with Crippen LogP contribution in [0.25, 0.3) is 11.0 Å². The van der Waals surface area contributed by atoms with Gasteiger partial charge in [-0.05, 0) is 48.0 Å². The van der Waals surface area contributed by atoms with Crippen LogP contribution >= 0.6 is 11.6 Å². The van der Waals surface area contributed by atoms with Gasteiger partial charge in [0.25, 0.3) is 5.91 Å². The van der Waals surface area contributed by atoms with Gasteiger partial charge in [0.1, 0.15) is 11.3 Å². The lowest BCUT2D eigenvalue weighted by Gasteiger charge is -2.26. The first-order valence-corrected chi connectivity index (χ1v) is 11.3. The molecule has 1 atom stereocenters. The molecule has 184 valence electrons. The van der Waals surface area contributed by atoms with E-state index in [1.54, 1.807) is 54.6 Å². The van der Waals surface area contributed by atoms with E-state index in [1.165, 1.54) is 33.3 Å². The van der Waals surface area contributed by atoms with Crippen molar-refractivity contribution in [2.75, 3.05) is 33.3 Å². The number of rotatable bonds is 6. The summed E-state index contributed by atoms with van der Waals surface area (Å²) in [6.07, 6.45) is 0. The Kier molecular flexibility index (Phi) is 5.97. The molecule has 0 saturated carbocycles. The van der Waals surface area contributed by atoms with Crippen LogP contribution < -0.4 is 29.3 Å². The Morgan fingerprint density at radius 3 is 2.11 bits per heavy atom. The van der Waals surface area contributed by atoms with Gasteiger partial charge in [0.15, 0.2) is 16.9 Å². The minimum Gasteiger partial charge on any atom is -0.495 e. The summed E-state index contributed by atoms with van der Waals surface area (Å²) in [6.45, 7) is 0. The van der Waals surface area contributed by atoms with E-state index in [2.05, 4.69) is 0 Å². The molecule has 1 unspecified atom stereocenters. The summed E-state index contributed by atoms with van der Waals surface area (Å²) in [4.78, 5) is 29.0. The monoisotopic (exact) mass is 507 g/mol. The molecule has 3 aromatic carbocycles. The van der Waals surface area contributed by atoms with Crippen LogP contribution in [-0.4, -0.2) is 34.3 Å². The van der Waals surface area contributed by atoms with E-state index in [-0.39, 0.29) is 16.8 Å². The molecular formula is C27H22ClNO7. The predicted molar refractivity (Wildman–Crippen MR) is 135 cm³/mol. The van der Waals surface area contributed by atoms with Gasteiger partial charge in [-0.25, -0.2) is 0 Å². The highest BCUT2D eigenvalue weighted by atomic mass is 35.5. The Hall–Kier alpha value is -4.17. The summed E-state index contributed by atoms with van der Waals surface area (Å²) in [5.41, 5.74) is 1.25. The number of para-hydroxylation sites is 1. The van der Waals surface area contributed by atoms with Gasteiger partial charge in [-0.3, -0.25) is 14.5 Å². The van der Waals surface area contributed by atoms with E-state index in [1.807, 2.05) is 0 Å². The SMILES string of the molecule is COc1ccc(N2C(=O)c3oc4ccccc4c(=O)c3C2c2cc(OC)c(OC)c(OC)c2)cc1Cl. The molecule has 0 fully saturated rings. The zero-order valence-corrected chi connectivity index (χ0v) is 20.7. The zero-order chi connectivity index (χ0) is 25.6. The molecule has 4 aromatic rings. The summed E-state index contributed by atoms with van der Waals surface area (Å²) in [7, 11) is 6.00. The van der Waals surface area contributed by atoms with Crippen LogP contribution in [0.2, 0.25) is 5.02 Å². The van der Waals surface area contributed by atoms with Crippen molar-refractivity contribution < 1.29 is 28.2 Å². The second-order valence-corrected chi connectivity index (χ2v) is 8.43. The highest BCUT2D eigenvalue weighted by molar-refractivity contribution is 6.32. The molecule has 0 saturated heterocycles. The fourth-order valence-electron chi connectivity index (χ4n) is 4.57. The zero-order valence-electron chi connectivity index (χ0n) is 20.0. The molecule has 1 amide bonds. The fourth-order valence-corrected chi connectivity index (χ4v) is 4.82. The van der Waals surface area contributed by atoms with E-state index >= 15 is 0 Å². The number of nitrogens with zero attached hydrogens (tertiary/aromatic N) is 1. The normalized spacial score (nSPS) is 14.6. The van der Waals surface area contributed by atoms with Crippen LogP contribution in [0, 0.1) is 0 Å². The van der Waals surface area contributed by atoms with Gasteiger partial charge in [0.2, 0.25) is 11.5 Å². The number of methoxy groups -OCH3 is 4. The molecule has 0 aliphatic carbocycles. The van der Waals surface area contributed by atoms with Gasteiger partial charge in [0, 0.05) is 5.69 Å². The van der Waals surface area contributed by atoms with E-state index in [0.29, 0.717) is 50.2 Å². The van der Waals surface area contributed by atoms with Gasteiger partial charge in [-0.1, -0.05) is 23.7 Å². The maximum Gasteiger partial charge on any atom is 0.295 e. The standard InChI is InChI=1S/C27H22ClNO7/c1-32-19-10-9-15(13-17(19)28)29-23(14-11-20(33-2)25(35-4)21(12-14)34-3)22-24(30)16-7-5-6-8-18(16)36-26(22)27(29)31/h5-13,23H,1-4H3. The first kappa shape index (κ1) is 23.6. The quantitative estimate of drug-likeness (QED) is 0.353. The topological polar surface area (TPSA) is 87.4 Å². The molecule has 2 heterocycles. The number of benzene rings is 3. The van der Waals surface area contributed by atoms with Crippen molar-refractivity contribution in [3.8, 4) is 23.0 Å². The molecule has 0 radical (unpaired) electrons. The first-order chi connectivity index (χ1) is 17.4. The van der Waals surface area contributed by atoms with Crippen LogP contribution in [0.1, 0.15) is 27.7 Å². The number of fused-ring (bicyclic) bond motifs is 2. The number of ether oxygens (including phenoxy) is 4. The van der Waals surface area contributed by atoms with Crippen molar-refractivity contribution >= 4 is 34.2 Å². The third kappa shape index (κ3) is 3.53. The first-order valence-electron chi connectivity index (χ1n) is 11.0. The number of carbonyl (C=O) groups excluding carboxylic acids is 1. The summed E-state index contributed by atoms with van der Waals surface area (Å²) < 4.78 is 27.8. The Morgan fingerprint density at radius 2 is 1.50 bits per heavy atom. The van der Waals surface area contributed by atoms with Gasteiger partial charge < -0.3 is 23.4 Å². The number of amides is 1. The third-order valence-electron chi connectivity index (χ3n) is 6.19. The minimum atomic E-state index is -0.855. The average molecular weight is 508 g/mol. The van der Waals surface area contributed by atoms with Crippen LogP contribution in [0.5, 0.6) is 23.0 Å². The van der Waals surface area contributed by atoms with Crippen molar-refractivity contribution in [1.82, 2.24) is 0 Å². The summed E-state index contributed by atoms with van der Waals surface area (Å²) in [5.74, 6) is 1.08. The Labute approximate surface area is 211 Å². The van der Waals surface area contributed by atoms with Crippen molar-refractivity contribution in [2.45, 2.75) is 6.04 Å². The molecule has 0 bridgehead atoms. The molecule has 0 N–H and O–H groups in total. The smallest absolute Gasteiger partial charge is 0.295 e. The molecule has 8 nitrogen and oxygen atoms in total. The van der Waals surface area contributed by atoms with Crippen LogP contribution in [0.15, 0.2) is 63.8 Å². The summed E-state index contributed by atoms with van der Waals surface area (Å²) >= 11 is 6.41. The molecule has 0 spiro atoms. The lowest BCUT2D eigenvalue weighted by atomic mass is 9.97. The number of carbonyl (C=O) groups is 1. The fraction of sp³-hybridized carbons (Fsp3) is 0.185. The Balaban J connectivity index is 1.82. The Morgan fingerprint density at radius 1 is 0.833 bits per heavy atom. The lowest BCUT2D eigenvalue weighted by molar-refractivity contribution is 0.0971. The minimum absolute atomic E-state index is 0.0376. The number of anilines is 1. The second kappa shape index (κ2) is 9.13. The van der Waals surface area contributed by atoms with Gasteiger partial charge in [-0.2, -0.15) is 0 Å². The van der Waals surface area contributed by atoms with Gasteiger partial charge in [0.05, 0.1) is 50.5 Å². The summed E-state index contributed by atoms with van der Waals surface area (Å²) in [5, 5.41) is 0.683. The lowest BCUT2D eigenvalue weighted by Crippen LogP contribution is -2.29. The van der Waals surface area contributed by atoms with Gasteiger partial charge in [-0.15, -0.1) is 0 Å². The van der Waals surface area contributed by atoms with Gasteiger partial charge >= 0.3 is 0 Å². The highest BCUT2D eigenvalue weighted by Gasteiger charge is 2.44.